The van der Waals surface area contributed by atoms with Crippen LogP contribution in [0.3, 0.4) is 0 Å². The van der Waals surface area contributed by atoms with Gasteiger partial charge in [-0.2, -0.15) is 0 Å². The lowest BCUT2D eigenvalue weighted by Crippen LogP contribution is -2.31. The molecule has 1 saturated heterocycles. The maximum atomic E-state index is 5.70. The first kappa shape index (κ1) is 11.6. The van der Waals surface area contributed by atoms with Gasteiger partial charge >= 0.3 is 0 Å². The Morgan fingerprint density at radius 3 is 2.69 bits per heavy atom. The Bertz CT molecular complexity index is 321. The monoisotopic (exact) mass is 240 g/mol. The number of aromatic nitrogens is 2. The fourth-order valence-corrected chi connectivity index (χ4v) is 2.03. The first-order valence-corrected chi connectivity index (χ1v) is 6.06. The van der Waals surface area contributed by atoms with Gasteiger partial charge in [-0.05, 0) is 38.1 Å². The Morgan fingerprint density at radius 2 is 2.06 bits per heavy atom. The predicted molar refractivity (Wildman–Crippen MR) is 66.0 cm³/mol. The third-order valence-electron chi connectivity index (χ3n) is 2.96. The molecule has 2 rings (SSSR count). The molecule has 1 fully saturated rings. The van der Waals surface area contributed by atoms with E-state index in [0.29, 0.717) is 5.15 Å². The molecule has 1 aromatic heterocycles. The lowest BCUT2D eigenvalue weighted by Gasteiger charge is -2.21. The van der Waals surface area contributed by atoms with Crippen LogP contribution in [0.4, 0.5) is 5.82 Å². The Kier molecular flexibility index (Phi) is 3.96. The summed E-state index contributed by atoms with van der Waals surface area (Å²) in [6, 6.07) is 3.68. The molecule has 0 aliphatic carbocycles. The van der Waals surface area contributed by atoms with E-state index < -0.39 is 0 Å². The second kappa shape index (κ2) is 5.46. The Balaban J connectivity index is 1.82. The molecule has 1 aliphatic heterocycles. The van der Waals surface area contributed by atoms with E-state index in [1.807, 2.05) is 13.1 Å². The number of hydrogen-bond acceptors (Lipinski definition) is 4. The highest BCUT2D eigenvalue weighted by Gasteiger charge is 2.12. The molecule has 0 spiro atoms. The minimum Gasteiger partial charge on any atom is -0.357 e. The van der Waals surface area contributed by atoms with Gasteiger partial charge in [0.1, 0.15) is 0 Å². The van der Waals surface area contributed by atoms with Gasteiger partial charge in [0, 0.05) is 20.1 Å². The van der Waals surface area contributed by atoms with Crippen LogP contribution < -0.4 is 4.90 Å². The van der Waals surface area contributed by atoms with Crippen molar-refractivity contribution in [2.75, 3.05) is 38.1 Å². The molecule has 1 aliphatic rings. The summed E-state index contributed by atoms with van der Waals surface area (Å²) in [5.74, 6) is 0.878. The first-order chi connectivity index (χ1) is 7.75. The van der Waals surface area contributed by atoms with Gasteiger partial charge in [-0.3, -0.25) is 0 Å². The van der Waals surface area contributed by atoms with Gasteiger partial charge in [-0.1, -0.05) is 11.6 Å². The number of halogens is 1. The van der Waals surface area contributed by atoms with Gasteiger partial charge in [-0.25, -0.2) is 0 Å². The standard InChI is InChI=1S/C11H17ClN4/c1-15(8-9-16-6-2-3-7-16)11-5-4-10(12)13-14-11/h4-5H,2-3,6-9H2,1H3. The van der Waals surface area contributed by atoms with Crippen molar-refractivity contribution in [3.63, 3.8) is 0 Å². The van der Waals surface area contributed by atoms with Crippen molar-refractivity contribution < 1.29 is 0 Å². The SMILES string of the molecule is CN(CCN1CCCC1)c1ccc(Cl)nn1. The van der Waals surface area contributed by atoms with E-state index in [4.69, 9.17) is 11.6 Å². The first-order valence-electron chi connectivity index (χ1n) is 5.68. The van der Waals surface area contributed by atoms with Crippen molar-refractivity contribution in [3.05, 3.63) is 17.3 Å². The second-order valence-corrected chi connectivity index (χ2v) is 4.57. The van der Waals surface area contributed by atoms with Crippen LogP contribution in [0, 0.1) is 0 Å². The molecule has 16 heavy (non-hydrogen) atoms. The van der Waals surface area contributed by atoms with Crippen LogP contribution in [0.5, 0.6) is 0 Å². The molecule has 88 valence electrons. The van der Waals surface area contributed by atoms with Gasteiger partial charge in [0.05, 0.1) is 0 Å². The normalized spacial score (nSPS) is 16.6. The molecule has 0 aromatic carbocycles. The predicted octanol–water partition coefficient (Wildman–Crippen LogP) is 1.66. The fraction of sp³-hybridized carbons (Fsp3) is 0.636. The van der Waals surface area contributed by atoms with E-state index in [1.165, 1.54) is 25.9 Å². The number of likely N-dealkylation sites (tertiary alicyclic amines) is 1. The van der Waals surface area contributed by atoms with E-state index in [2.05, 4.69) is 20.0 Å². The summed E-state index contributed by atoms with van der Waals surface area (Å²) < 4.78 is 0. The van der Waals surface area contributed by atoms with E-state index in [-0.39, 0.29) is 0 Å². The van der Waals surface area contributed by atoms with Crippen molar-refractivity contribution in [1.29, 1.82) is 0 Å². The van der Waals surface area contributed by atoms with Crippen LogP contribution in [-0.4, -0.2) is 48.3 Å². The average Bonchev–Trinajstić information content (AvgIpc) is 2.80. The van der Waals surface area contributed by atoms with Crippen LogP contribution in [0.1, 0.15) is 12.8 Å². The van der Waals surface area contributed by atoms with Crippen molar-refractivity contribution in [2.24, 2.45) is 0 Å². The molecule has 0 N–H and O–H groups in total. The smallest absolute Gasteiger partial charge is 0.151 e. The van der Waals surface area contributed by atoms with E-state index in [9.17, 15) is 0 Å². The van der Waals surface area contributed by atoms with Crippen molar-refractivity contribution in [3.8, 4) is 0 Å². The molecule has 2 heterocycles. The van der Waals surface area contributed by atoms with Gasteiger partial charge in [0.2, 0.25) is 0 Å². The maximum absolute atomic E-state index is 5.70. The lowest BCUT2D eigenvalue weighted by molar-refractivity contribution is 0.346. The zero-order valence-corrected chi connectivity index (χ0v) is 10.3. The number of anilines is 1. The van der Waals surface area contributed by atoms with Crippen molar-refractivity contribution >= 4 is 17.4 Å². The van der Waals surface area contributed by atoms with Crippen molar-refractivity contribution in [1.82, 2.24) is 15.1 Å². The van der Waals surface area contributed by atoms with Crippen LogP contribution >= 0.6 is 11.6 Å². The third kappa shape index (κ3) is 3.06. The largest absolute Gasteiger partial charge is 0.357 e. The molecule has 0 radical (unpaired) electrons. The molecule has 0 saturated carbocycles. The summed E-state index contributed by atoms with van der Waals surface area (Å²) in [5, 5.41) is 8.33. The molecular weight excluding hydrogens is 224 g/mol. The van der Waals surface area contributed by atoms with Gasteiger partial charge < -0.3 is 9.80 Å². The van der Waals surface area contributed by atoms with E-state index >= 15 is 0 Å². The zero-order valence-electron chi connectivity index (χ0n) is 9.56. The minimum atomic E-state index is 0.441. The number of hydrogen-bond donors (Lipinski definition) is 0. The summed E-state index contributed by atoms with van der Waals surface area (Å²) in [6.45, 7) is 4.55. The van der Waals surface area contributed by atoms with E-state index in [1.54, 1.807) is 6.07 Å². The van der Waals surface area contributed by atoms with Gasteiger partial charge in [-0.15, -0.1) is 10.2 Å². The molecule has 0 bridgehead atoms. The van der Waals surface area contributed by atoms with Crippen LogP contribution in [-0.2, 0) is 0 Å². The van der Waals surface area contributed by atoms with Crippen LogP contribution in [0.2, 0.25) is 5.15 Å². The quantitative estimate of drug-likeness (QED) is 0.802. The third-order valence-corrected chi connectivity index (χ3v) is 3.16. The molecule has 5 heteroatoms. The fourth-order valence-electron chi connectivity index (χ4n) is 1.92. The highest BCUT2D eigenvalue weighted by atomic mass is 35.5. The average molecular weight is 241 g/mol. The second-order valence-electron chi connectivity index (χ2n) is 4.18. The highest BCUT2D eigenvalue weighted by molar-refractivity contribution is 6.29. The van der Waals surface area contributed by atoms with E-state index in [0.717, 1.165) is 18.9 Å². The Labute approximate surface area is 101 Å². The summed E-state index contributed by atoms with van der Waals surface area (Å²) in [5.41, 5.74) is 0. The minimum absolute atomic E-state index is 0.441. The molecule has 1 aromatic rings. The van der Waals surface area contributed by atoms with Gasteiger partial charge in [0.15, 0.2) is 11.0 Å². The topological polar surface area (TPSA) is 32.3 Å². The maximum Gasteiger partial charge on any atom is 0.151 e. The zero-order chi connectivity index (χ0) is 11.4. The highest BCUT2D eigenvalue weighted by Crippen LogP contribution is 2.11. The summed E-state index contributed by atoms with van der Waals surface area (Å²) >= 11 is 5.70. The molecule has 0 atom stereocenters. The molecule has 4 nitrogen and oxygen atoms in total. The number of rotatable bonds is 4. The van der Waals surface area contributed by atoms with Crippen LogP contribution in [0.15, 0.2) is 12.1 Å². The summed E-state index contributed by atoms with van der Waals surface area (Å²) in [6.07, 6.45) is 2.68. The Hall–Kier alpha value is -0.870. The molecular formula is C11H17ClN4. The number of likely N-dealkylation sites (N-methyl/N-ethyl adjacent to an activating group) is 1. The summed E-state index contributed by atoms with van der Waals surface area (Å²) in [4.78, 5) is 4.60. The van der Waals surface area contributed by atoms with Crippen molar-refractivity contribution in [2.45, 2.75) is 12.8 Å². The summed E-state index contributed by atoms with van der Waals surface area (Å²) in [7, 11) is 2.04. The van der Waals surface area contributed by atoms with Crippen LogP contribution in [0.25, 0.3) is 0 Å². The van der Waals surface area contributed by atoms with Gasteiger partial charge in [0.25, 0.3) is 0 Å². The number of nitrogens with zero attached hydrogens (tertiary/aromatic N) is 4. The molecule has 0 unspecified atom stereocenters. The lowest BCUT2D eigenvalue weighted by atomic mass is 10.4. The Morgan fingerprint density at radius 1 is 1.31 bits per heavy atom. The molecule has 0 amide bonds.